The highest BCUT2D eigenvalue weighted by molar-refractivity contribution is 9.10. The highest BCUT2D eigenvalue weighted by atomic mass is 79.9. The van der Waals surface area contributed by atoms with Gasteiger partial charge in [-0.05, 0) is 22.0 Å². The molecule has 3 N–H and O–H groups in total. The number of para-hydroxylation sites is 1. The number of nitrogens with one attached hydrogen (secondary N) is 2. The fourth-order valence-electron chi connectivity index (χ4n) is 2.15. The summed E-state index contributed by atoms with van der Waals surface area (Å²) in [6.45, 7) is 0. The lowest BCUT2D eigenvalue weighted by atomic mass is 10.1. The number of aromatic amines is 2. The number of aromatic nitrogens is 3. The van der Waals surface area contributed by atoms with Gasteiger partial charge in [-0.25, -0.2) is 4.98 Å². The van der Waals surface area contributed by atoms with Gasteiger partial charge in [0.25, 0.3) is 0 Å². The summed E-state index contributed by atoms with van der Waals surface area (Å²) < 4.78 is 0.532. The van der Waals surface area contributed by atoms with Crippen molar-refractivity contribution in [2.24, 2.45) is 0 Å². The molecule has 5 nitrogen and oxygen atoms in total. The smallest absolute Gasteiger partial charge is 0.309 e. The molecule has 3 aromatic rings. The number of H-pyrrole nitrogens is 2. The van der Waals surface area contributed by atoms with Crippen molar-refractivity contribution in [1.29, 1.82) is 0 Å². The van der Waals surface area contributed by atoms with Gasteiger partial charge < -0.3 is 15.1 Å². The van der Waals surface area contributed by atoms with Gasteiger partial charge in [0.15, 0.2) is 4.73 Å². The topological polar surface area (TPSA) is 81.8 Å². The molecule has 0 radical (unpaired) electrons. The Hall–Kier alpha value is -2.08. The van der Waals surface area contributed by atoms with Crippen molar-refractivity contribution in [2.45, 2.75) is 6.42 Å². The highest BCUT2D eigenvalue weighted by Gasteiger charge is 2.16. The number of aliphatic carboxylic acids is 1. The lowest BCUT2D eigenvalue weighted by molar-refractivity contribution is -0.136. The van der Waals surface area contributed by atoms with Gasteiger partial charge in [-0.15, -0.1) is 0 Å². The van der Waals surface area contributed by atoms with Crippen LogP contribution in [0.4, 0.5) is 0 Å². The van der Waals surface area contributed by atoms with Gasteiger partial charge in [-0.3, -0.25) is 4.79 Å². The summed E-state index contributed by atoms with van der Waals surface area (Å²) >= 11 is 3.25. The molecule has 0 amide bonds. The molecule has 19 heavy (non-hydrogen) atoms. The van der Waals surface area contributed by atoms with Gasteiger partial charge in [0, 0.05) is 22.7 Å². The fourth-order valence-corrected chi connectivity index (χ4v) is 2.56. The van der Waals surface area contributed by atoms with E-state index in [0.717, 1.165) is 16.5 Å². The Labute approximate surface area is 116 Å². The molecular weight excluding hydrogens is 310 g/mol. The average molecular weight is 320 g/mol. The van der Waals surface area contributed by atoms with Crippen LogP contribution >= 0.6 is 15.9 Å². The van der Waals surface area contributed by atoms with Crippen LogP contribution in [0.1, 0.15) is 5.69 Å². The number of rotatable bonds is 3. The number of nitrogens with zero attached hydrogens (tertiary/aromatic N) is 1. The maximum Gasteiger partial charge on any atom is 0.309 e. The van der Waals surface area contributed by atoms with E-state index < -0.39 is 5.97 Å². The number of halogens is 1. The van der Waals surface area contributed by atoms with Gasteiger partial charge in [0.2, 0.25) is 0 Å². The minimum absolute atomic E-state index is 0.0898. The van der Waals surface area contributed by atoms with Gasteiger partial charge in [-0.1, -0.05) is 18.2 Å². The third-order valence-corrected chi connectivity index (χ3v) is 3.30. The molecule has 0 fully saturated rings. The summed E-state index contributed by atoms with van der Waals surface area (Å²) in [6, 6.07) is 7.84. The van der Waals surface area contributed by atoms with Crippen LogP contribution in [-0.4, -0.2) is 26.0 Å². The molecular formula is C13H10BrN3O2. The first-order valence-electron chi connectivity index (χ1n) is 5.68. The summed E-state index contributed by atoms with van der Waals surface area (Å²) in [5, 5.41) is 9.96. The molecule has 3 rings (SSSR count). The highest BCUT2D eigenvalue weighted by Crippen LogP contribution is 2.30. The zero-order valence-corrected chi connectivity index (χ0v) is 11.4. The summed E-state index contributed by atoms with van der Waals surface area (Å²) in [4.78, 5) is 21.3. The lowest BCUT2D eigenvalue weighted by Gasteiger charge is -1.98. The fraction of sp³-hybridized carbons (Fsp3) is 0.0769. The molecule has 0 spiro atoms. The van der Waals surface area contributed by atoms with E-state index in [1.807, 2.05) is 30.5 Å². The number of imidazole rings is 1. The third kappa shape index (κ3) is 2.15. The van der Waals surface area contributed by atoms with Crippen molar-refractivity contribution >= 4 is 32.8 Å². The Morgan fingerprint density at radius 2 is 2.16 bits per heavy atom. The number of benzene rings is 1. The van der Waals surface area contributed by atoms with Crippen molar-refractivity contribution in [3.05, 3.63) is 40.9 Å². The van der Waals surface area contributed by atoms with Gasteiger partial charge in [-0.2, -0.15) is 0 Å². The first-order chi connectivity index (χ1) is 9.15. The molecule has 1 aromatic carbocycles. The van der Waals surface area contributed by atoms with Crippen molar-refractivity contribution in [1.82, 2.24) is 15.0 Å². The number of carboxylic acids is 1. The molecule has 0 saturated carbocycles. The van der Waals surface area contributed by atoms with Crippen LogP contribution in [-0.2, 0) is 11.2 Å². The number of carboxylic acid groups (broad SMARTS) is 1. The number of hydrogen-bond acceptors (Lipinski definition) is 2. The van der Waals surface area contributed by atoms with E-state index in [0.29, 0.717) is 16.1 Å². The predicted molar refractivity (Wildman–Crippen MR) is 74.9 cm³/mol. The Balaban J connectivity index is 2.18. The van der Waals surface area contributed by atoms with Crippen molar-refractivity contribution < 1.29 is 9.90 Å². The minimum atomic E-state index is -0.891. The van der Waals surface area contributed by atoms with Gasteiger partial charge >= 0.3 is 5.97 Å². The minimum Gasteiger partial charge on any atom is -0.481 e. The van der Waals surface area contributed by atoms with Crippen LogP contribution in [0.3, 0.4) is 0 Å². The average Bonchev–Trinajstić information content (AvgIpc) is 2.92. The maximum absolute atomic E-state index is 10.9. The van der Waals surface area contributed by atoms with E-state index in [2.05, 4.69) is 30.9 Å². The Morgan fingerprint density at radius 1 is 1.37 bits per heavy atom. The normalized spacial score (nSPS) is 11.0. The van der Waals surface area contributed by atoms with Crippen LogP contribution in [0.5, 0.6) is 0 Å². The summed E-state index contributed by atoms with van der Waals surface area (Å²) in [7, 11) is 0. The van der Waals surface area contributed by atoms with E-state index in [1.165, 1.54) is 0 Å². The van der Waals surface area contributed by atoms with Crippen molar-refractivity contribution in [3.8, 4) is 11.3 Å². The Kier molecular flexibility index (Phi) is 2.87. The molecule has 0 bridgehead atoms. The second-order valence-electron chi connectivity index (χ2n) is 4.17. The van der Waals surface area contributed by atoms with E-state index in [-0.39, 0.29) is 6.42 Å². The van der Waals surface area contributed by atoms with E-state index >= 15 is 0 Å². The summed E-state index contributed by atoms with van der Waals surface area (Å²) in [5.41, 5.74) is 3.14. The molecule has 0 aliphatic rings. The molecule has 6 heteroatoms. The number of fused-ring (bicyclic) bond motifs is 1. The van der Waals surface area contributed by atoms with E-state index in [9.17, 15) is 4.79 Å². The maximum atomic E-state index is 10.9. The van der Waals surface area contributed by atoms with Crippen molar-refractivity contribution in [2.75, 3.05) is 0 Å². The summed E-state index contributed by atoms with van der Waals surface area (Å²) in [5.74, 6) is -0.891. The number of hydrogen-bond donors (Lipinski definition) is 3. The Morgan fingerprint density at radius 3 is 2.95 bits per heavy atom. The SMILES string of the molecule is O=C(O)Cc1[nH]c(Br)nc1-c1c[nH]c2ccccc12. The molecule has 0 saturated heterocycles. The molecule has 0 unspecified atom stereocenters. The predicted octanol–water partition coefficient (Wildman–Crippen LogP) is 2.95. The van der Waals surface area contributed by atoms with Crippen LogP contribution in [0.2, 0.25) is 0 Å². The molecule has 2 heterocycles. The quantitative estimate of drug-likeness (QED) is 0.694. The third-order valence-electron chi connectivity index (χ3n) is 2.92. The lowest BCUT2D eigenvalue weighted by Crippen LogP contribution is -2.01. The van der Waals surface area contributed by atoms with E-state index in [1.54, 1.807) is 0 Å². The Bertz CT molecular complexity index is 760. The zero-order valence-electron chi connectivity index (χ0n) is 9.77. The first kappa shape index (κ1) is 12.0. The van der Waals surface area contributed by atoms with Gasteiger partial charge in [0.05, 0.1) is 17.8 Å². The first-order valence-corrected chi connectivity index (χ1v) is 6.47. The standard InChI is InChI=1S/C13H10BrN3O2/c14-13-16-10(5-11(18)19)12(17-13)8-6-15-9-4-2-1-3-7(8)9/h1-4,6,15H,5H2,(H,16,17)(H,18,19). The van der Waals surface area contributed by atoms with Gasteiger partial charge in [0.1, 0.15) is 0 Å². The molecule has 96 valence electrons. The van der Waals surface area contributed by atoms with Crippen molar-refractivity contribution in [3.63, 3.8) is 0 Å². The monoisotopic (exact) mass is 319 g/mol. The molecule has 0 atom stereocenters. The molecule has 2 aromatic heterocycles. The van der Waals surface area contributed by atoms with E-state index in [4.69, 9.17) is 5.11 Å². The zero-order chi connectivity index (χ0) is 13.4. The molecule has 0 aliphatic heterocycles. The number of carbonyl (C=O) groups is 1. The van der Waals surface area contributed by atoms with Crippen LogP contribution < -0.4 is 0 Å². The second-order valence-corrected chi connectivity index (χ2v) is 4.92. The largest absolute Gasteiger partial charge is 0.481 e. The molecule has 0 aliphatic carbocycles. The van der Waals surface area contributed by atoms with Crippen LogP contribution in [0.25, 0.3) is 22.2 Å². The van der Waals surface area contributed by atoms with Crippen LogP contribution in [0.15, 0.2) is 35.2 Å². The van der Waals surface area contributed by atoms with Crippen LogP contribution in [0, 0.1) is 0 Å². The summed E-state index contributed by atoms with van der Waals surface area (Å²) in [6.07, 6.45) is 1.76. The second kappa shape index (κ2) is 4.55.